The van der Waals surface area contributed by atoms with E-state index in [2.05, 4.69) is 22.8 Å². The van der Waals surface area contributed by atoms with E-state index in [1.54, 1.807) is 0 Å². The molecule has 0 aliphatic carbocycles. The maximum atomic E-state index is 10.2. The van der Waals surface area contributed by atoms with Gasteiger partial charge in [-0.1, -0.05) is 17.7 Å². The molecule has 0 saturated carbocycles. The van der Waals surface area contributed by atoms with Crippen molar-refractivity contribution >= 4 is 0 Å². The zero-order chi connectivity index (χ0) is 15.9. The van der Waals surface area contributed by atoms with Crippen molar-refractivity contribution in [2.24, 2.45) is 0 Å². The van der Waals surface area contributed by atoms with Crippen molar-refractivity contribution in [1.82, 2.24) is 9.80 Å². The van der Waals surface area contributed by atoms with Crippen LogP contribution in [0.4, 0.5) is 0 Å². The Labute approximate surface area is 133 Å². The molecule has 22 heavy (non-hydrogen) atoms. The highest BCUT2D eigenvalue weighted by molar-refractivity contribution is 5.35. The highest BCUT2D eigenvalue weighted by atomic mass is 16.5. The Bertz CT molecular complexity index is 459. The molecule has 2 rings (SSSR count). The standard InChI is InChI=1S/C17H28N2O3/c1-14-3-4-17(15(2)11-14)22-13-16(21)12-19-7-5-18(6-8-19)9-10-20/h3-4,11,16,20-21H,5-10,12-13H2,1-2H3/t16-/m1/s1. The number of piperazine rings is 1. The van der Waals surface area contributed by atoms with Crippen LogP contribution in [0.15, 0.2) is 18.2 Å². The third-order valence-corrected chi connectivity index (χ3v) is 4.11. The van der Waals surface area contributed by atoms with Crippen LogP contribution >= 0.6 is 0 Å². The quantitative estimate of drug-likeness (QED) is 0.775. The predicted molar refractivity (Wildman–Crippen MR) is 87.4 cm³/mol. The fraction of sp³-hybridized carbons (Fsp3) is 0.647. The summed E-state index contributed by atoms with van der Waals surface area (Å²) in [6, 6.07) is 6.07. The highest BCUT2D eigenvalue weighted by Gasteiger charge is 2.19. The topological polar surface area (TPSA) is 56.2 Å². The van der Waals surface area contributed by atoms with E-state index in [0.29, 0.717) is 13.2 Å². The second-order valence-corrected chi connectivity index (χ2v) is 6.10. The molecule has 124 valence electrons. The van der Waals surface area contributed by atoms with Gasteiger partial charge in [0.1, 0.15) is 18.5 Å². The van der Waals surface area contributed by atoms with Crippen molar-refractivity contribution in [3.05, 3.63) is 29.3 Å². The number of aryl methyl sites for hydroxylation is 2. The first kappa shape index (κ1) is 17.2. The van der Waals surface area contributed by atoms with Gasteiger partial charge in [0.05, 0.1) is 6.61 Å². The SMILES string of the molecule is Cc1ccc(OC[C@H](O)CN2CCN(CCO)CC2)c(C)c1. The van der Waals surface area contributed by atoms with E-state index in [1.165, 1.54) is 5.56 Å². The lowest BCUT2D eigenvalue weighted by atomic mass is 10.1. The molecule has 0 aromatic heterocycles. The Morgan fingerprint density at radius 2 is 1.82 bits per heavy atom. The normalized spacial score (nSPS) is 18.4. The zero-order valence-electron chi connectivity index (χ0n) is 13.7. The average Bonchev–Trinajstić information content (AvgIpc) is 2.49. The third kappa shape index (κ3) is 5.25. The molecule has 1 aliphatic heterocycles. The van der Waals surface area contributed by atoms with Gasteiger partial charge in [-0.05, 0) is 25.5 Å². The van der Waals surface area contributed by atoms with E-state index in [9.17, 15) is 5.11 Å². The highest BCUT2D eigenvalue weighted by Crippen LogP contribution is 2.18. The summed E-state index contributed by atoms with van der Waals surface area (Å²) in [7, 11) is 0. The number of ether oxygens (including phenoxy) is 1. The van der Waals surface area contributed by atoms with Gasteiger partial charge in [-0.25, -0.2) is 0 Å². The van der Waals surface area contributed by atoms with Crippen LogP contribution in [0.2, 0.25) is 0 Å². The van der Waals surface area contributed by atoms with E-state index in [1.807, 2.05) is 19.1 Å². The molecule has 1 heterocycles. The summed E-state index contributed by atoms with van der Waals surface area (Å²) in [6.07, 6.45) is -0.481. The number of hydrogen-bond acceptors (Lipinski definition) is 5. The number of benzene rings is 1. The number of aliphatic hydroxyl groups excluding tert-OH is 2. The number of hydrogen-bond donors (Lipinski definition) is 2. The Hall–Kier alpha value is -1.14. The second kappa shape index (κ2) is 8.48. The Balaban J connectivity index is 1.71. The van der Waals surface area contributed by atoms with Crippen LogP contribution in [-0.4, -0.2) is 78.6 Å². The second-order valence-electron chi connectivity index (χ2n) is 6.10. The molecule has 1 atom stereocenters. The molecular formula is C17H28N2O3. The Morgan fingerprint density at radius 1 is 1.14 bits per heavy atom. The minimum absolute atomic E-state index is 0.215. The number of aliphatic hydroxyl groups is 2. The van der Waals surface area contributed by atoms with E-state index in [0.717, 1.165) is 44.0 Å². The molecule has 5 heteroatoms. The van der Waals surface area contributed by atoms with Gasteiger partial charge < -0.3 is 14.9 Å². The van der Waals surface area contributed by atoms with E-state index in [-0.39, 0.29) is 6.61 Å². The molecule has 1 aliphatic rings. The molecule has 2 N–H and O–H groups in total. The molecule has 1 aromatic carbocycles. The van der Waals surface area contributed by atoms with Crippen LogP contribution in [0.3, 0.4) is 0 Å². The predicted octanol–water partition coefficient (Wildman–Crippen LogP) is 0.653. The molecule has 0 spiro atoms. The lowest BCUT2D eigenvalue weighted by Gasteiger charge is -2.35. The van der Waals surface area contributed by atoms with Gasteiger partial charge >= 0.3 is 0 Å². The lowest BCUT2D eigenvalue weighted by Crippen LogP contribution is -2.49. The molecule has 1 aromatic rings. The molecule has 5 nitrogen and oxygen atoms in total. The van der Waals surface area contributed by atoms with Gasteiger partial charge in [-0.15, -0.1) is 0 Å². The van der Waals surface area contributed by atoms with E-state index in [4.69, 9.17) is 9.84 Å². The molecule has 1 fully saturated rings. The van der Waals surface area contributed by atoms with Gasteiger partial charge in [-0.3, -0.25) is 9.80 Å². The maximum Gasteiger partial charge on any atom is 0.122 e. The molecule has 1 saturated heterocycles. The van der Waals surface area contributed by atoms with E-state index < -0.39 is 6.10 Å². The average molecular weight is 308 g/mol. The van der Waals surface area contributed by atoms with Gasteiger partial charge in [0.25, 0.3) is 0 Å². The summed E-state index contributed by atoms with van der Waals surface area (Å²) in [6.45, 7) is 9.76. The smallest absolute Gasteiger partial charge is 0.122 e. The van der Waals surface area contributed by atoms with Crippen molar-refractivity contribution in [3.8, 4) is 5.75 Å². The Morgan fingerprint density at radius 3 is 2.45 bits per heavy atom. The summed E-state index contributed by atoms with van der Waals surface area (Å²) in [5.74, 6) is 0.845. The maximum absolute atomic E-state index is 10.2. The molecule has 0 amide bonds. The van der Waals surface area contributed by atoms with Crippen LogP contribution in [0.5, 0.6) is 5.75 Å². The van der Waals surface area contributed by atoms with Gasteiger partial charge in [-0.2, -0.15) is 0 Å². The minimum Gasteiger partial charge on any atom is -0.491 e. The fourth-order valence-electron chi connectivity index (χ4n) is 2.83. The van der Waals surface area contributed by atoms with Crippen LogP contribution < -0.4 is 4.74 Å². The van der Waals surface area contributed by atoms with Crippen LogP contribution in [0.25, 0.3) is 0 Å². The van der Waals surface area contributed by atoms with Gasteiger partial charge in [0.2, 0.25) is 0 Å². The molecule has 0 radical (unpaired) electrons. The fourth-order valence-corrected chi connectivity index (χ4v) is 2.83. The summed E-state index contributed by atoms with van der Waals surface area (Å²) < 4.78 is 5.73. The van der Waals surface area contributed by atoms with Crippen molar-refractivity contribution in [2.45, 2.75) is 20.0 Å². The van der Waals surface area contributed by atoms with Crippen LogP contribution in [0, 0.1) is 13.8 Å². The monoisotopic (exact) mass is 308 g/mol. The van der Waals surface area contributed by atoms with E-state index >= 15 is 0 Å². The van der Waals surface area contributed by atoms with Crippen LogP contribution in [0.1, 0.15) is 11.1 Å². The first-order chi connectivity index (χ1) is 10.6. The minimum atomic E-state index is -0.481. The van der Waals surface area contributed by atoms with Gasteiger partial charge in [0.15, 0.2) is 0 Å². The summed E-state index contributed by atoms with van der Waals surface area (Å²) in [5.41, 5.74) is 2.32. The summed E-state index contributed by atoms with van der Waals surface area (Å²) in [4.78, 5) is 4.50. The third-order valence-electron chi connectivity index (χ3n) is 4.11. The Kier molecular flexibility index (Phi) is 6.64. The van der Waals surface area contributed by atoms with Crippen molar-refractivity contribution < 1.29 is 14.9 Å². The molecule has 0 bridgehead atoms. The summed E-state index contributed by atoms with van der Waals surface area (Å²) >= 11 is 0. The molecular weight excluding hydrogens is 280 g/mol. The van der Waals surface area contributed by atoms with Crippen molar-refractivity contribution in [1.29, 1.82) is 0 Å². The number of β-amino-alcohol motifs (C(OH)–C–C–N with tert-alkyl or cyclic N) is 2. The number of nitrogens with zero attached hydrogens (tertiary/aromatic N) is 2. The largest absolute Gasteiger partial charge is 0.491 e. The van der Waals surface area contributed by atoms with Crippen molar-refractivity contribution in [2.75, 3.05) is 52.5 Å². The summed E-state index contributed by atoms with van der Waals surface area (Å²) in [5, 5.41) is 19.1. The van der Waals surface area contributed by atoms with Crippen molar-refractivity contribution in [3.63, 3.8) is 0 Å². The molecule has 0 unspecified atom stereocenters. The van der Waals surface area contributed by atoms with Crippen LogP contribution in [-0.2, 0) is 0 Å². The first-order valence-corrected chi connectivity index (χ1v) is 8.02. The van der Waals surface area contributed by atoms with Gasteiger partial charge in [0, 0.05) is 39.3 Å². The lowest BCUT2D eigenvalue weighted by molar-refractivity contribution is 0.0427. The zero-order valence-corrected chi connectivity index (χ0v) is 13.7. The number of rotatable bonds is 7. The first-order valence-electron chi connectivity index (χ1n) is 8.02.